The Morgan fingerprint density at radius 1 is 1.00 bits per heavy atom. The fraction of sp³-hybridized carbons (Fsp3) is 0.455. The highest BCUT2D eigenvalue weighted by Crippen LogP contribution is 2.30. The molecule has 1 aliphatic heterocycles. The molecule has 2 rings (SSSR count). The van der Waals surface area contributed by atoms with Gasteiger partial charge >= 0.3 is 0 Å². The summed E-state index contributed by atoms with van der Waals surface area (Å²) in [7, 11) is 0. The van der Waals surface area contributed by atoms with Gasteiger partial charge in [-0.1, -0.05) is 32.9 Å². The summed E-state index contributed by atoms with van der Waals surface area (Å²) in [5, 5.41) is 0. The third kappa shape index (κ3) is 3.36. The number of rotatable bonds is 0. The minimum absolute atomic E-state index is 0.360. The van der Waals surface area contributed by atoms with Crippen LogP contribution in [0.1, 0.15) is 20.8 Å². The number of benzene rings is 1. The van der Waals surface area contributed by atoms with Crippen molar-refractivity contribution in [3.8, 4) is 11.5 Å². The molecular formula is C11H16O2. The molecule has 1 aromatic carbocycles. The fourth-order valence-corrected chi connectivity index (χ4v) is 0.845. The van der Waals surface area contributed by atoms with E-state index < -0.39 is 0 Å². The molecule has 2 heteroatoms. The van der Waals surface area contributed by atoms with Gasteiger partial charge in [-0.15, -0.1) is 0 Å². The normalized spacial score (nSPS) is 12.3. The Kier molecular flexibility index (Phi) is 3.62. The van der Waals surface area contributed by atoms with E-state index in [1.54, 1.807) is 0 Å². The molecule has 0 radical (unpaired) electrons. The van der Waals surface area contributed by atoms with Crippen molar-refractivity contribution in [3.63, 3.8) is 0 Å². The first-order chi connectivity index (χ1) is 6.20. The van der Waals surface area contributed by atoms with Crippen molar-refractivity contribution in [1.82, 2.24) is 0 Å². The summed E-state index contributed by atoms with van der Waals surface area (Å²) >= 11 is 0. The smallest absolute Gasteiger partial charge is 0.231 e. The Hall–Kier alpha value is -1.18. The van der Waals surface area contributed by atoms with E-state index in [1.807, 2.05) is 24.3 Å². The summed E-state index contributed by atoms with van der Waals surface area (Å²) in [6, 6.07) is 7.63. The number of hydrogen-bond donors (Lipinski definition) is 0. The first kappa shape index (κ1) is 9.90. The lowest BCUT2D eigenvalue weighted by Gasteiger charge is -1.89. The van der Waals surface area contributed by atoms with Crippen molar-refractivity contribution in [2.45, 2.75) is 20.8 Å². The molecule has 0 N–H and O–H groups in total. The van der Waals surface area contributed by atoms with Gasteiger partial charge in [0.15, 0.2) is 11.5 Å². The van der Waals surface area contributed by atoms with Crippen molar-refractivity contribution in [2.75, 3.05) is 6.79 Å². The fourth-order valence-electron chi connectivity index (χ4n) is 0.845. The lowest BCUT2D eigenvalue weighted by atomic mass is 10.3. The molecule has 0 unspecified atom stereocenters. The zero-order chi connectivity index (χ0) is 9.68. The number of fused-ring (bicyclic) bond motifs is 1. The predicted octanol–water partition coefficient (Wildman–Crippen LogP) is 3.08. The molecule has 1 aliphatic rings. The van der Waals surface area contributed by atoms with E-state index in [-0.39, 0.29) is 0 Å². The lowest BCUT2D eigenvalue weighted by molar-refractivity contribution is 0.174. The number of para-hydroxylation sites is 2. The summed E-state index contributed by atoms with van der Waals surface area (Å²) in [5.41, 5.74) is 0. The molecule has 0 atom stereocenters. The lowest BCUT2D eigenvalue weighted by Crippen LogP contribution is -1.92. The van der Waals surface area contributed by atoms with Crippen LogP contribution in [0.5, 0.6) is 11.5 Å². The molecular weight excluding hydrogens is 164 g/mol. The van der Waals surface area contributed by atoms with Gasteiger partial charge in [-0.3, -0.25) is 0 Å². The van der Waals surface area contributed by atoms with E-state index >= 15 is 0 Å². The standard InChI is InChI=1S/C7H6O2.C4H10/c1-2-4-7-6(3-1)8-5-9-7;1-4(2)3/h1-4H,5H2;4H,1-3H3. The molecule has 0 bridgehead atoms. The van der Waals surface area contributed by atoms with Crippen molar-refractivity contribution in [3.05, 3.63) is 24.3 Å². The van der Waals surface area contributed by atoms with Crippen molar-refractivity contribution >= 4 is 0 Å². The monoisotopic (exact) mass is 180 g/mol. The Morgan fingerprint density at radius 2 is 1.38 bits per heavy atom. The molecule has 0 aromatic heterocycles. The van der Waals surface area contributed by atoms with Gasteiger partial charge in [-0.2, -0.15) is 0 Å². The van der Waals surface area contributed by atoms with E-state index in [0.29, 0.717) is 6.79 Å². The molecule has 0 aliphatic carbocycles. The van der Waals surface area contributed by atoms with Crippen molar-refractivity contribution < 1.29 is 9.47 Å². The second kappa shape index (κ2) is 4.75. The Bertz CT molecular complexity index is 230. The number of ether oxygens (including phenoxy) is 2. The van der Waals surface area contributed by atoms with Crippen LogP contribution in [0, 0.1) is 5.92 Å². The van der Waals surface area contributed by atoms with Gasteiger partial charge in [0.1, 0.15) is 0 Å². The van der Waals surface area contributed by atoms with Crippen LogP contribution in [0.25, 0.3) is 0 Å². The van der Waals surface area contributed by atoms with E-state index in [1.165, 1.54) is 0 Å². The Morgan fingerprint density at radius 3 is 1.77 bits per heavy atom. The van der Waals surface area contributed by atoms with Gasteiger partial charge in [0.25, 0.3) is 0 Å². The molecule has 0 saturated carbocycles. The minimum Gasteiger partial charge on any atom is -0.454 e. The van der Waals surface area contributed by atoms with Crippen LogP contribution in [0.15, 0.2) is 24.3 Å². The summed E-state index contributed by atoms with van der Waals surface area (Å²) < 4.78 is 10.2. The van der Waals surface area contributed by atoms with Gasteiger partial charge in [-0.25, -0.2) is 0 Å². The second-order valence-corrected chi connectivity index (χ2v) is 3.59. The maximum atomic E-state index is 5.08. The minimum atomic E-state index is 0.360. The molecule has 0 spiro atoms. The molecule has 0 fully saturated rings. The highest BCUT2D eigenvalue weighted by Gasteiger charge is 2.09. The SMILES string of the molecule is CC(C)C.c1ccc2c(c1)OCO2. The highest BCUT2D eigenvalue weighted by molar-refractivity contribution is 5.40. The first-order valence-corrected chi connectivity index (χ1v) is 4.54. The van der Waals surface area contributed by atoms with Crippen LogP contribution in [-0.4, -0.2) is 6.79 Å². The zero-order valence-corrected chi connectivity index (χ0v) is 8.41. The van der Waals surface area contributed by atoms with E-state index in [9.17, 15) is 0 Å². The van der Waals surface area contributed by atoms with Gasteiger partial charge in [0.05, 0.1) is 0 Å². The molecule has 13 heavy (non-hydrogen) atoms. The molecule has 0 amide bonds. The summed E-state index contributed by atoms with van der Waals surface area (Å²) in [6.45, 7) is 6.86. The average molecular weight is 180 g/mol. The topological polar surface area (TPSA) is 18.5 Å². The van der Waals surface area contributed by atoms with E-state index in [0.717, 1.165) is 17.4 Å². The second-order valence-electron chi connectivity index (χ2n) is 3.59. The van der Waals surface area contributed by atoms with Crippen molar-refractivity contribution in [2.24, 2.45) is 5.92 Å². The van der Waals surface area contributed by atoms with E-state index in [4.69, 9.17) is 9.47 Å². The van der Waals surface area contributed by atoms with Crippen LogP contribution in [-0.2, 0) is 0 Å². The average Bonchev–Trinajstić information content (AvgIpc) is 2.49. The third-order valence-electron chi connectivity index (χ3n) is 1.28. The maximum Gasteiger partial charge on any atom is 0.231 e. The van der Waals surface area contributed by atoms with E-state index in [2.05, 4.69) is 20.8 Å². The Balaban J connectivity index is 0.000000184. The maximum absolute atomic E-state index is 5.08. The molecule has 0 saturated heterocycles. The van der Waals surface area contributed by atoms with Crippen molar-refractivity contribution in [1.29, 1.82) is 0 Å². The van der Waals surface area contributed by atoms with Crippen LogP contribution < -0.4 is 9.47 Å². The first-order valence-electron chi connectivity index (χ1n) is 4.54. The van der Waals surface area contributed by atoms with Gasteiger partial charge in [-0.05, 0) is 18.1 Å². The summed E-state index contributed by atoms with van der Waals surface area (Å²) in [4.78, 5) is 0. The van der Waals surface area contributed by atoms with Gasteiger partial charge in [0, 0.05) is 0 Å². The largest absolute Gasteiger partial charge is 0.454 e. The Labute approximate surface area is 79.5 Å². The number of hydrogen-bond acceptors (Lipinski definition) is 2. The molecule has 2 nitrogen and oxygen atoms in total. The van der Waals surface area contributed by atoms with Gasteiger partial charge < -0.3 is 9.47 Å². The summed E-state index contributed by atoms with van der Waals surface area (Å²) in [6.07, 6.45) is 0. The molecule has 72 valence electrons. The quantitative estimate of drug-likeness (QED) is 0.610. The van der Waals surface area contributed by atoms with Gasteiger partial charge in [0.2, 0.25) is 6.79 Å². The zero-order valence-electron chi connectivity index (χ0n) is 8.41. The molecule has 1 aromatic rings. The van der Waals surface area contributed by atoms with Crippen LogP contribution in [0.3, 0.4) is 0 Å². The van der Waals surface area contributed by atoms with Crippen LogP contribution in [0.4, 0.5) is 0 Å². The van der Waals surface area contributed by atoms with Crippen LogP contribution in [0.2, 0.25) is 0 Å². The third-order valence-corrected chi connectivity index (χ3v) is 1.28. The summed E-state index contributed by atoms with van der Waals surface area (Å²) in [5.74, 6) is 2.52. The predicted molar refractivity (Wildman–Crippen MR) is 53.1 cm³/mol. The molecule has 1 heterocycles. The highest BCUT2D eigenvalue weighted by atomic mass is 16.7. The van der Waals surface area contributed by atoms with Crippen LogP contribution >= 0.6 is 0 Å².